The first-order valence-corrected chi connectivity index (χ1v) is 9.02. The van der Waals surface area contributed by atoms with Crippen LogP contribution in [0, 0.1) is 0 Å². The molecule has 3 rings (SSSR count). The van der Waals surface area contributed by atoms with E-state index in [4.69, 9.17) is 0 Å². The number of amides is 3. The third-order valence-electron chi connectivity index (χ3n) is 4.54. The molecule has 2 N–H and O–H groups in total. The van der Waals surface area contributed by atoms with Gasteiger partial charge in [-0.2, -0.15) is 0 Å². The first-order valence-electron chi connectivity index (χ1n) is 9.02. The molecule has 0 spiro atoms. The summed E-state index contributed by atoms with van der Waals surface area (Å²) in [5.41, 5.74) is 2.08. The van der Waals surface area contributed by atoms with Crippen LogP contribution in [0.1, 0.15) is 39.1 Å². The molecule has 0 aliphatic heterocycles. The maximum atomic E-state index is 12.6. The lowest BCUT2D eigenvalue weighted by Gasteiger charge is -2.23. The molecule has 0 bridgehead atoms. The van der Waals surface area contributed by atoms with E-state index in [1.54, 1.807) is 48.3 Å². The summed E-state index contributed by atoms with van der Waals surface area (Å²) in [5.74, 6) is -0.493. The van der Waals surface area contributed by atoms with E-state index in [0.29, 0.717) is 17.7 Å². The summed E-state index contributed by atoms with van der Waals surface area (Å²) in [6.45, 7) is 0.444. The normalized spacial score (nSPS) is 12.9. The van der Waals surface area contributed by atoms with Gasteiger partial charge >= 0.3 is 0 Å². The van der Waals surface area contributed by atoms with Gasteiger partial charge in [0.05, 0.1) is 6.54 Å². The fraction of sp³-hybridized carbons (Fsp3) is 0.286. The predicted molar refractivity (Wildman–Crippen MR) is 102 cm³/mol. The van der Waals surface area contributed by atoms with Crippen LogP contribution in [0.2, 0.25) is 0 Å². The smallest absolute Gasteiger partial charge is 0.251 e. The van der Waals surface area contributed by atoms with Crippen molar-refractivity contribution in [2.24, 2.45) is 0 Å². The molecule has 0 atom stereocenters. The van der Waals surface area contributed by atoms with E-state index in [-0.39, 0.29) is 30.3 Å². The number of carbonyl (C=O) groups excluding carboxylic acids is 3. The Bertz CT molecular complexity index is 814. The molecule has 6 heteroatoms. The van der Waals surface area contributed by atoms with Crippen LogP contribution in [0.25, 0.3) is 0 Å². The number of carbonyl (C=O) groups is 3. The van der Waals surface area contributed by atoms with Crippen LogP contribution < -0.4 is 10.6 Å². The quantitative estimate of drug-likeness (QED) is 0.787. The van der Waals surface area contributed by atoms with Crippen molar-refractivity contribution < 1.29 is 14.4 Å². The number of benzene rings is 2. The van der Waals surface area contributed by atoms with Crippen molar-refractivity contribution in [1.82, 2.24) is 15.5 Å². The minimum atomic E-state index is -0.255. The highest BCUT2D eigenvalue weighted by molar-refractivity contribution is 5.96. The molecule has 1 fully saturated rings. The molecule has 0 aromatic heterocycles. The summed E-state index contributed by atoms with van der Waals surface area (Å²) in [6.07, 6.45) is 1.96. The third-order valence-corrected chi connectivity index (χ3v) is 4.54. The maximum absolute atomic E-state index is 12.6. The van der Waals surface area contributed by atoms with Crippen molar-refractivity contribution in [1.29, 1.82) is 0 Å². The second-order valence-electron chi connectivity index (χ2n) is 6.58. The molecule has 1 aliphatic carbocycles. The average Bonchev–Trinajstić information content (AvgIpc) is 3.55. The first-order chi connectivity index (χ1) is 13.1. The number of hydrogen-bond acceptors (Lipinski definition) is 3. The molecule has 0 unspecified atom stereocenters. The third kappa shape index (κ3) is 4.94. The van der Waals surface area contributed by atoms with Crippen LogP contribution in [-0.2, 0) is 11.3 Å². The largest absolute Gasteiger partial charge is 0.355 e. The molecule has 1 saturated carbocycles. The number of nitrogens with zero attached hydrogens (tertiary/aromatic N) is 1. The van der Waals surface area contributed by atoms with Crippen LogP contribution >= 0.6 is 0 Å². The highest BCUT2D eigenvalue weighted by Gasteiger charge is 2.32. The lowest BCUT2D eigenvalue weighted by molar-refractivity contribution is -0.131. The highest BCUT2D eigenvalue weighted by atomic mass is 16.2. The minimum absolute atomic E-state index is 0.0272. The van der Waals surface area contributed by atoms with Gasteiger partial charge in [0.25, 0.3) is 11.8 Å². The molecular weight excluding hydrogens is 342 g/mol. The maximum Gasteiger partial charge on any atom is 0.251 e. The van der Waals surface area contributed by atoms with Crippen LogP contribution in [-0.4, -0.2) is 42.3 Å². The lowest BCUT2D eigenvalue weighted by atomic mass is 10.1. The molecule has 0 heterocycles. The van der Waals surface area contributed by atoms with Gasteiger partial charge in [0.2, 0.25) is 5.91 Å². The van der Waals surface area contributed by atoms with E-state index in [0.717, 1.165) is 18.4 Å². The van der Waals surface area contributed by atoms with Crippen LogP contribution in [0.4, 0.5) is 0 Å². The van der Waals surface area contributed by atoms with E-state index in [1.165, 1.54) is 0 Å². The molecule has 1 aliphatic rings. The summed E-state index contributed by atoms with van der Waals surface area (Å²) in [6, 6.07) is 16.3. The van der Waals surface area contributed by atoms with Gasteiger partial charge < -0.3 is 15.5 Å². The van der Waals surface area contributed by atoms with Crippen molar-refractivity contribution in [3.05, 3.63) is 71.3 Å². The van der Waals surface area contributed by atoms with E-state index in [9.17, 15) is 14.4 Å². The Morgan fingerprint density at radius 3 is 2.15 bits per heavy atom. The SMILES string of the molecule is CNC(=O)c1ccc(CN(C(=O)CNC(=O)c2ccccc2)C2CC2)cc1. The number of nitrogens with one attached hydrogen (secondary N) is 2. The average molecular weight is 365 g/mol. The molecule has 0 radical (unpaired) electrons. The topological polar surface area (TPSA) is 78.5 Å². The molecule has 0 saturated heterocycles. The van der Waals surface area contributed by atoms with Crippen LogP contribution in [0.15, 0.2) is 54.6 Å². The van der Waals surface area contributed by atoms with E-state index < -0.39 is 0 Å². The van der Waals surface area contributed by atoms with Gasteiger partial charge in [0, 0.05) is 30.8 Å². The van der Waals surface area contributed by atoms with Crippen molar-refractivity contribution in [3.63, 3.8) is 0 Å². The zero-order valence-corrected chi connectivity index (χ0v) is 15.3. The summed E-state index contributed by atoms with van der Waals surface area (Å²) >= 11 is 0. The Balaban J connectivity index is 1.59. The Morgan fingerprint density at radius 1 is 0.926 bits per heavy atom. The standard InChI is InChI=1S/C21H23N3O3/c1-22-20(26)17-9-7-15(8-10-17)14-24(18-11-12-18)19(25)13-23-21(27)16-5-3-2-4-6-16/h2-10,18H,11-14H2,1H3,(H,22,26)(H,23,27). The van der Waals surface area contributed by atoms with E-state index >= 15 is 0 Å². The van der Waals surface area contributed by atoms with Crippen LogP contribution in [0.3, 0.4) is 0 Å². The van der Waals surface area contributed by atoms with Gasteiger partial charge in [-0.3, -0.25) is 14.4 Å². The lowest BCUT2D eigenvalue weighted by Crippen LogP contribution is -2.41. The summed E-state index contributed by atoms with van der Waals surface area (Å²) in [7, 11) is 1.59. The zero-order chi connectivity index (χ0) is 19.2. The van der Waals surface area contributed by atoms with Gasteiger partial charge in [-0.15, -0.1) is 0 Å². The van der Waals surface area contributed by atoms with Crippen LogP contribution in [0.5, 0.6) is 0 Å². The summed E-state index contributed by atoms with van der Waals surface area (Å²) < 4.78 is 0. The highest BCUT2D eigenvalue weighted by Crippen LogP contribution is 2.28. The summed E-state index contributed by atoms with van der Waals surface area (Å²) in [5, 5.41) is 5.28. The molecule has 6 nitrogen and oxygen atoms in total. The molecule has 2 aromatic carbocycles. The van der Waals surface area contributed by atoms with Gasteiger partial charge in [-0.1, -0.05) is 30.3 Å². The number of rotatable bonds is 7. The molecule has 140 valence electrons. The van der Waals surface area contributed by atoms with E-state index in [1.807, 2.05) is 18.2 Å². The fourth-order valence-corrected chi connectivity index (χ4v) is 2.86. The number of hydrogen-bond donors (Lipinski definition) is 2. The predicted octanol–water partition coefficient (Wildman–Crippen LogP) is 1.97. The monoisotopic (exact) mass is 365 g/mol. The Hall–Kier alpha value is -3.15. The molecular formula is C21H23N3O3. The van der Waals surface area contributed by atoms with Crippen molar-refractivity contribution in [3.8, 4) is 0 Å². The van der Waals surface area contributed by atoms with Crippen molar-refractivity contribution in [2.45, 2.75) is 25.4 Å². The minimum Gasteiger partial charge on any atom is -0.355 e. The van der Waals surface area contributed by atoms with Crippen molar-refractivity contribution in [2.75, 3.05) is 13.6 Å². The van der Waals surface area contributed by atoms with E-state index in [2.05, 4.69) is 10.6 Å². The second-order valence-corrected chi connectivity index (χ2v) is 6.58. The Kier molecular flexibility index (Phi) is 5.86. The fourth-order valence-electron chi connectivity index (χ4n) is 2.86. The molecule has 2 aromatic rings. The Morgan fingerprint density at radius 2 is 1.56 bits per heavy atom. The van der Waals surface area contributed by atoms with Gasteiger partial charge in [0.15, 0.2) is 0 Å². The van der Waals surface area contributed by atoms with Gasteiger partial charge in [-0.25, -0.2) is 0 Å². The molecule has 27 heavy (non-hydrogen) atoms. The van der Waals surface area contributed by atoms with Gasteiger partial charge in [0.1, 0.15) is 0 Å². The van der Waals surface area contributed by atoms with Gasteiger partial charge in [-0.05, 0) is 42.7 Å². The summed E-state index contributed by atoms with van der Waals surface area (Å²) in [4.78, 5) is 38.2. The van der Waals surface area contributed by atoms with Crippen molar-refractivity contribution >= 4 is 17.7 Å². The zero-order valence-electron chi connectivity index (χ0n) is 15.3. The molecule has 3 amide bonds. The Labute approximate surface area is 158 Å². The first kappa shape index (κ1) is 18.6. The second kappa shape index (κ2) is 8.49.